The largest absolute Gasteiger partial charge is 0.341 e. The van der Waals surface area contributed by atoms with E-state index in [1.165, 1.54) is 0 Å². The van der Waals surface area contributed by atoms with Crippen LogP contribution in [0.4, 0.5) is 0 Å². The highest BCUT2D eigenvalue weighted by Crippen LogP contribution is 2.18. The summed E-state index contributed by atoms with van der Waals surface area (Å²) in [6, 6.07) is 11.9. The summed E-state index contributed by atoms with van der Waals surface area (Å²) in [6.07, 6.45) is 3.97. The van der Waals surface area contributed by atoms with Crippen LogP contribution in [-0.2, 0) is 11.3 Å². The number of nitrogens with zero attached hydrogens (tertiary/aromatic N) is 5. The maximum absolute atomic E-state index is 12.2. The van der Waals surface area contributed by atoms with Crippen LogP contribution in [0.1, 0.15) is 12.8 Å². The Hall–Kier alpha value is -2.76. The Morgan fingerprint density at radius 3 is 2.74 bits per heavy atom. The van der Waals surface area contributed by atoms with Crippen molar-refractivity contribution in [3.05, 3.63) is 42.6 Å². The molecule has 0 aliphatic carbocycles. The average molecular weight is 307 g/mol. The van der Waals surface area contributed by atoms with E-state index in [-0.39, 0.29) is 12.5 Å². The molecule has 0 atom stereocenters. The molecule has 0 N–H and O–H groups in total. The summed E-state index contributed by atoms with van der Waals surface area (Å²) >= 11 is 0. The fraction of sp³-hybridized carbons (Fsp3) is 0.294. The van der Waals surface area contributed by atoms with Crippen LogP contribution in [0.2, 0.25) is 0 Å². The zero-order valence-corrected chi connectivity index (χ0v) is 12.7. The molecule has 23 heavy (non-hydrogen) atoms. The quantitative estimate of drug-likeness (QED) is 0.743. The zero-order chi connectivity index (χ0) is 15.6. The number of hydrogen-bond donors (Lipinski definition) is 0. The molecule has 0 saturated carbocycles. The summed E-state index contributed by atoms with van der Waals surface area (Å²) in [4.78, 5) is 18.6. The first-order chi connectivity index (χ1) is 11.3. The monoisotopic (exact) mass is 307 g/mol. The number of para-hydroxylation sites is 1. The van der Waals surface area contributed by atoms with E-state index in [1.54, 1.807) is 10.9 Å². The van der Waals surface area contributed by atoms with Crippen molar-refractivity contribution in [2.75, 3.05) is 13.1 Å². The van der Waals surface area contributed by atoms with E-state index in [0.717, 1.165) is 42.5 Å². The van der Waals surface area contributed by atoms with Gasteiger partial charge in [0.2, 0.25) is 5.91 Å². The molecule has 4 rings (SSSR count). The van der Waals surface area contributed by atoms with E-state index in [9.17, 15) is 4.79 Å². The van der Waals surface area contributed by atoms with Crippen molar-refractivity contribution in [3.8, 4) is 11.4 Å². The van der Waals surface area contributed by atoms with E-state index in [2.05, 4.69) is 15.3 Å². The lowest BCUT2D eigenvalue weighted by atomic mass is 10.2. The Kier molecular flexibility index (Phi) is 3.49. The summed E-state index contributed by atoms with van der Waals surface area (Å²) in [6.45, 7) is 1.94. The van der Waals surface area contributed by atoms with Gasteiger partial charge in [-0.15, -0.1) is 5.10 Å². The van der Waals surface area contributed by atoms with Crippen molar-refractivity contribution < 1.29 is 4.79 Å². The second kappa shape index (κ2) is 5.79. The van der Waals surface area contributed by atoms with Crippen LogP contribution in [0, 0.1) is 0 Å². The van der Waals surface area contributed by atoms with Gasteiger partial charge in [-0.3, -0.25) is 4.79 Å². The Balaban J connectivity index is 1.55. The molecule has 0 spiro atoms. The van der Waals surface area contributed by atoms with Crippen LogP contribution >= 0.6 is 0 Å². The maximum Gasteiger partial charge on any atom is 0.244 e. The van der Waals surface area contributed by atoms with Gasteiger partial charge in [-0.05, 0) is 25.0 Å². The molecule has 1 aliphatic heterocycles. The molecule has 3 aromatic rings. The van der Waals surface area contributed by atoms with Crippen LogP contribution in [-0.4, -0.2) is 43.9 Å². The van der Waals surface area contributed by atoms with Crippen LogP contribution < -0.4 is 0 Å². The Bertz CT molecular complexity index is 851. The number of carbonyl (C=O) groups is 1. The summed E-state index contributed by atoms with van der Waals surface area (Å²) in [5.74, 6) is 0.102. The number of likely N-dealkylation sites (tertiary alicyclic amines) is 1. The second-order valence-corrected chi connectivity index (χ2v) is 5.78. The van der Waals surface area contributed by atoms with Gasteiger partial charge in [0, 0.05) is 18.5 Å². The predicted molar refractivity (Wildman–Crippen MR) is 86.6 cm³/mol. The lowest BCUT2D eigenvalue weighted by Crippen LogP contribution is -2.31. The summed E-state index contributed by atoms with van der Waals surface area (Å²) in [5, 5.41) is 9.31. The minimum atomic E-state index is 0.102. The molecule has 2 aromatic heterocycles. The third kappa shape index (κ3) is 2.79. The van der Waals surface area contributed by atoms with E-state index >= 15 is 0 Å². The SMILES string of the molecule is O=C(Cn1cc(-c2ccc3ccccc3n2)nn1)N1CCCC1. The fourth-order valence-electron chi connectivity index (χ4n) is 2.91. The number of aromatic nitrogens is 4. The number of hydrogen-bond acceptors (Lipinski definition) is 4. The number of benzene rings is 1. The second-order valence-electron chi connectivity index (χ2n) is 5.78. The molecule has 6 nitrogen and oxygen atoms in total. The van der Waals surface area contributed by atoms with E-state index < -0.39 is 0 Å². The molecule has 3 heterocycles. The predicted octanol–water partition coefficient (Wildman–Crippen LogP) is 2.12. The number of amides is 1. The van der Waals surface area contributed by atoms with Gasteiger partial charge in [-0.2, -0.15) is 0 Å². The first kappa shape index (κ1) is 13.9. The molecule has 0 unspecified atom stereocenters. The van der Waals surface area contributed by atoms with Gasteiger partial charge in [-0.1, -0.05) is 29.5 Å². The van der Waals surface area contributed by atoms with E-state index in [1.807, 2.05) is 41.3 Å². The molecule has 1 aliphatic rings. The molecule has 0 bridgehead atoms. The van der Waals surface area contributed by atoms with E-state index in [4.69, 9.17) is 0 Å². The highest BCUT2D eigenvalue weighted by Gasteiger charge is 2.18. The highest BCUT2D eigenvalue weighted by atomic mass is 16.2. The Morgan fingerprint density at radius 1 is 1.04 bits per heavy atom. The molecule has 1 fully saturated rings. The highest BCUT2D eigenvalue weighted by molar-refractivity contribution is 5.81. The van der Waals surface area contributed by atoms with Crippen LogP contribution in [0.25, 0.3) is 22.3 Å². The summed E-state index contributed by atoms with van der Waals surface area (Å²) in [5.41, 5.74) is 2.38. The van der Waals surface area contributed by atoms with Crippen molar-refractivity contribution in [2.45, 2.75) is 19.4 Å². The standard InChI is InChI=1S/C17H17N5O/c23-17(21-9-3-4-10-21)12-22-11-16(19-20-22)15-8-7-13-5-1-2-6-14(13)18-15/h1-2,5-8,11H,3-4,9-10,12H2. The van der Waals surface area contributed by atoms with Gasteiger partial charge in [-0.25, -0.2) is 9.67 Å². The fourth-order valence-corrected chi connectivity index (χ4v) is 2.91. The van der Waals surface area contributed by atoms with Crippen molar-refractivity contribution in [2.24, 2.45) is 0 Å². The van der Waals surface area contributed by atoms with Crippen LogP contribution in [0.3, 0.4) is 0 Å². The minimum absolute atomic E-state index is 0.102. The first-order valence-corrected chi connectivity index (χ1v) is 7.84. The van der Waals surface area contributed by atoms with Crippen LogP contribution in [0.5, 0.6) is 0 Å². The lowest BCUT2D eigenvalue weighted by Gasteiger charge is -2.14. The summed E-state index contributed by atoms with van der Waals surface area (Å²) in [7, 11) is 0. The van der Waals surface area contributed by atoms with Gasteiger partial charge < -0.3 is 4.90 Å². The smallest absolute Gasteiger partial charge is 0.244 e. The van der Waals surface area contributed by atoms with Crippen molar-refractivity contribution in [1.82, 2.24) is 24.9 Å². The summed E-state index contributed by atoms with van der Waals surface area (Å²) < 4.78 is 1.59. The third-order valence-corrected chi connectivity index (χ3v) is 4.16. The number of pyridine rings is 1. The van der Waals surface area contributed by atoms with Crippen molar-refractivity contribution in [3.63, 3.8) is 0 Å². The Labute approximate surface area is 133 Å². The molecule has 116 valence electrons. The average Bonchev–Trinajstić information content (AvgIpc) is 3.26. The van der Waals surface area contributed by atoms with Gasteiger partial charge >= 0.3 is 0 Å². The van der Waals surface area contributed by atoms with Crippen molar-refractivity contribution in [1.29, 1.82) is 0 Å². The van der Waals surface area contributed by atoms with Crippen LogP contribution in [0.15, 0.2) is 42.6 Å². The zero-order valence-electron chi connectivity index (χ0n) is 12.7. The topological polar surface area (TPSA) is 63.9 Å². The Morgan fingerprint density at radius 2 is 1.87 bits per heavy atom. The minimum Gasteiger partial charge on any atom is -0.341 e. The molecule has 1 aromatic carbocycles. The molecular formula is C17H17N5O. The van der Waals surface area contributed by atoms with Gasteiger partial charge in [0.15, 0.2) is 0 Å². The van der Waals surface area contributed by atoms with Gasteiger partial charge in [0.05, 0.1) is 17.4 Å². The third-order valence-electron chi connectivity index (χ3n) is 4.16. The molecule has 0 radical (unpaired) electrons. The maximum atomic E-state index is 12.2. The normalized spacial score (nSPS) is 14.5. The first-order valence-electron chi connectivity index (χ1n) is 7.84. The lowest BCUT2D eigenvalue weighted by molar-refractivity contribution is -0.130. The molecule has 6 heteroatoms. The molecule has 1 amide bonds. The molecular weight excluding hydrogens is 290 g/mol. The number of carbonyl (C=O) groups excluding carboxylic acids is 1. The van der Waals surface area contributed by atoms with Crippen molar-refractivity contribution >= 4 is 16.8 Å². The number of fused-ring (bicyclic) bond motifs is 1. The van der Waals surface area contributed by atoms with Gasteiger partial charge in [0.25, 0.3) is 0 Å². The van der Waals surface area contributed by atoms with E-state index in [0.29, 0.717) is 5.69 Å². The van der Waals surface area contributed by atoms with Gasteiger partial charge in [0.1, 0.15) is 12.2 Å². The number of rotatable bonds is 3. The molecule has 1 saturated heterocycles.